The number of nitrogens with zero attached hydrogens (tertiary/aromatic N) is 2. The van der Waals surface area contributed by atoms with Crippen molar-refractivity contribution in [2.45, 2.75) is 25.9 Å². The number of aliphatic hydroxyl groups excluding tert-OH is 1. The van der Waals surface area contributed by atoms with Crippen molar-refractivity contribution in [3.63, 3.8) is 0 Å². The van der Waals surface area contributed by atoms with Crippen molar-refractivity contribution in [3.05, 3.63) is 65.2 Å². The molecule has 1 aromatic heterocycles. The third-order valence-corrected chi connectivity index (χ3v) is 4.53. The summed E-state index contributed by atoms with van der Waals surface area (Å²) in [5, 5.41) is 16.0. The maximum atomic E-state index is 12.6. The number of nitrogens with one attached hydrogen (secondary N) is 2. The number of anilines is 2. The second-order valence-corrected chi connectivity index (χ2v) is 7.12. The maximum Gasteiger partial charge on any atom is 0.573 e. The molecule has 0 saturated heterocycles. The van der Waals surface area contributed by atoms with Crippen LogP contribution in [0.25, 0.3) is 11.3 Å². The van der Waals surface area contributed by atoms with E-state index in [-0.39, 0.29) is 24.3 Å². The van der Waals surface area contributed by atoms with Gasteiger partial charge in [-0.25, -0.2) is 4.98 Å². The number of alkyl halides is 3. The van der Waals surface area contributed by atoms with Crippen molar-refractivity contribution in [2.75, 3.05) is 17.2 Å². The summed E-state index contributed by atoms with van der Waals surface area (Å²) in [5.41, 5.74) is 1.63. The van der Waals surface area contributed by atoms with E-state index in [1.807, 2.05) is 18.2 Å². The number of hydrogen-bond donors (Lipinski definition) is 3. The predicted octanol–water partition coefficient (Wildman–Crippen LogP) is 5.10. The average Bonchev–Trinajstić information content (AvgIpc) is 2.72. The molecule has 3 N–H and O–H groups in total. The van der Waals surface area contributed by atoms with E-state index in [1.165, 1.54) is 18.2 Å². The van der Waals surface area contributed by atoms with E-state index in [4.69, 9.17) is 11.6 Å². The van der Waals surface area contributed by atoms with E-state index in [0.29, 0.717) is 28.6 Å². The van der Waals surface area contributed by atoms with E-state index in [2.05, 4.69) is 25.3 Å². The number of halogens is 4. The van der Waals surface area contributed by atoms with Crippen LogP contribution < -0.4 is 15.4 Å². The molecule has 0 aliphatic rings. The van der Waals surface area contributed by atoms with E-state index in [1.54, 1.807) is 25.1 Å². The predicted molar refractivity (Wildman–Crippen MR) is 113 cm³/mol. The van der Waals surface area contributed by atoms with Gasteiger partial charge in [0.05, 0.1) is 12.3 Å². The van der Waals surface area contributed by atoms with Gasteiger partial charge in [0.2, 0.25) is 5.95 Å². The SMILES string of the molecule is C[C@H](CO)Nc1nc(NCc2ccccc2Cl)cc(-c2cccc(OC(F)(F)F)c2)n1. The zero-order chi connectivity index (χ0) is 22.4. The van der Waals surface area contributed by atoms with Crippen molar-refractivity contribution in [3.8, 4) is 17.0 Å². The lowest BCUT2D eigenvalue weighted by molar-refractivity contribution is -0.274. The van der Waals surface area contributed by atoms with Crippen LogP contribution in [0.1, 0.15) is 12.5 Å². The molecule has 0 spiro atoms. The molecule has 3 rings (SSSR count). The third kappa shape index (κ3) is 6.73. The zero-order valence-electron chi connectivity index (χ0n) is 16.4. The quantitative estimate of drug-likeness (QED) is 0.441. The van der Waals surface area contributed by atoms with Gasteiger partial charge in [-0.3, -0.25) is 0 Å². The Bertz CT molecular complexity index is 1030. The van der Waals surface area contributed by atoms with Gasteiger partial charge >= 0.3 is 6.36 Å². The number of benzene rings is 2. The molecule has 2 aromatic carbocycles. The maximum absolute atomic E-state index is 12.6. The van der Waals surface area contributed by atoms with E-state index in [9.17, 15) is 18.3 Å². The number of rotatable bonds is 8. The normalized spacial score (nSPS) is 12.3. The van der Waals surface area contributed by atoms with Crippen LogP contribution in [-0.4, -0.2) is 34.1 Å². The number of hydrogen-bond acceptors (Lipinski definition) is 6. The van der Waals surface area contributed by atoms with Gasteiger partial charge in [0.25, 0.3) is 0 Å². The molecule has 10 heteroatoms. The first-order chi connectivity index (χ1) is 14.7. The summed E-state index contributed by atoms with van der Waals surface area (Å²) in [4.78, 5) is 8.74. The minimum Gasteiger partial charge on any atom is -0.406 e. The summed E-state index contributed by atoms with van der Waals surface area (Å²) >= 11 is 6.19. The Labute approximate surface area is 182 Å². The summed E-state index contributed by atoms with van der Waals surface area (Å²) in [5.74, 6) is 0.287. The van der Waals surface area contributed by atoms with Gasteiger partial charge in [-0.15, -0.1) is 13.2 Å². The molecule has 1 heterocycles. The van der Waals surface area contributed by atoms with Crippen molar-refractivity contribution in [1.29, 1.82) is 0 Å². The average molecular weight is 453 g/mol. The zero-order valence-corrected chi connectivity index (χ0v) is 17.2. The van der Waals surface area contributed by atoms with Gasteiger partial charge in [0.15, 0.2) is 0 Å². The van der Waals surface area contributed by atoms with Crippen LogP contribution in [0.2, 0.25) is 5.02 Å². The molecule has 3 aromatic rings. The van der Waals surface area contributed by atoms with Crippen LogP contribution in [0, 0.1) is 0 Å². The minimum absolute atomic E-state index is 0.148. The fraction of sp³-hybridized carbons (Fsp3) is 0.238. The highest BCUT2D eigenvalue weighted by Crippen LogP contribution is 2.29. The molecule has 0 fully saturated rings. The van der Waals surface area contributed by atoms with Gasteiger partial charge in [0.1, 0.15) is 11.6 Å². The second kappa shape index (κ2) is 9.84. The lowest BCUT2D eigenvalue weighted by atomic mass is 10.1. The number of aromatic nitrogens is 2. The van der Waals surface area contributed by atoms with Crippen LogP contribution in [0.3, 0.4) is 0 Å². The molecule has 0 radical (unpaired) electrons. The number of ether oxygens (including phenoxy) is 1. The lowest BCUT2D eigenvalue weighted by Crippen LogP contribution is -2.21. The standard InChI is InChI=1S/C21H20ClF3N4O2/c1-13(12-30)27-20-28-18(14-6-4-7-16(9-14)31-21(23,24)25)10-19(29-20)26-11-15-5-2-3-8-17(15)22/h2-10,13,30H,11-12H2,1H3,(H2,26,27,28,29)/t13-/m1/s1. The van der Waals surface area contributed by atoms with Crippen molar-refractivity contribution in [1.82, 2.24) is 9.97 Å². The van der Waals surface area contributed by atoms with E-state index < -0.39 is 6.36 Å². The van der Waals surface area contributed by atoms with Crippen LogP contribution in [-0.2, 0) is 6.54 Å². The third-order valence-electron chi connectivity index (χ3n) is 4.16. The molecular weight excluding hydrogens is 433 g/mol. The minimum atomic E-state index is -4.80. The first-order valence-corrected chi connectivity index (χ1v) is 9.71. The van der Waals surface area contributed by atoms with E-state index in [0.717, 1.165) is 5.56 Å². The highest BCUT2D eigenvalue weighted by molar-refractivity contribution is 6.31. The lowest BCUT2D eigenvalue weighted by Gasteiger charge is -2.15. The van der Waals surface area contributed by atoms with Crippen molar-refractivity contribution >= 4 is 23.4 Å². The van der Waals surface area contributed by atoms with Crippen molar-refractivity contribution in [2.24, 2.45) is 0 Å². The topological polar surface area (TPSA) is 79.3 Å². The van der Waals surface area contributed by atoms with Crippen LogP contribution in [0.4, 0.5) is 24.9 Å². The highest BCUT2D eigenvalue weighted by Gasteiger charge is 2.31. The van der Waals surface area contributed by atoms with Crippen LogP contribution >= 0.6 is 11.6 Å². The molecule has 31 heavy (non-hydrogen) atoms. The summed E-state index contributed by atoms with van der Waals surface area (Å²) < 4.78 is 41.7. The molecular formula is C21H20ClF3N4O2. The van der Waals surface area contributed by atoms with Crippen molar-refractivity contribution < 1.29 is 23.0 Å². The van der Waals surface area contributed by atoms with Gasteiger partial charge in [-0.2, -0.15) is 4.98 Å². The number of aliphatic hydroxyl groups is 1. The Morgan fingerprint density at radius 3 is 2.58 bits per heavy atom. The Morgan fingerprint density at radius 1 is 1.10 bits per heavy atom. The molecule has 0 amide bonds. The Morgan fingerprint density at radius 2 is 1.87 bits per heavy atom. The summed E-state index contributed by atoms with van der Waals surface area (Å²) in [6.07, 6.45) is -4.80. The second-order valence-electron chi connectivity index (χ2n) is 6.71. The largest absolute Gasteiger partial charge is 0.573 e. The van der Waals surface area contributed by atoms with Gasteiger partial charge < -0.3 is 20.5 Å². The molecule has 0 saturated carbocycles. The smallest absolute Gasteiger partial charge is 0.406 e. The monoisotopic (exact) mass is 452 g/mol. The van der Waals surface area contributed by atoms with E-state index >= 15 is 0 Å². The molecule has 0 aliphatic heterocycles. The molecule has 0 bridgehead atoms. The molecule has 1 atom stereocenters. The summed E-state index contributed by atoms with van der Waals surface area (Å²) in [6, 6.07) is 14.1. The fourth-order valence-corrected chi connectivity index (χ4v) is 2.90. The van der Waals surface area contributed by atoms with Gasteiger partial charge in [-0.05, 0) is 30.7 Å². The fourth-order valence-electron chi connectivity index (χ4n) is 2.70. The molecule has 164 valence electrons. The van der Waals surface area contributed by atoms with Crippen LogP contribution in [0.15, 0.2) is 54.6 Å². The van der Waals surface area contributed by atoms with Gasteiger partial charge in [-0.1, -0.05) is 41.9 Å². The highest BCUT2D eigenvalue weighted by atomic mass is 35.5. The first-order valence-electron chi connectivity index (χ1n) is 9.33. The molecule has 6 nitrogen and oxygen atoms in total. The molecule has 0 aliphatic carbocycles. The first kappa shape index (κ1) is 22.6. The Hall–Kier alpha value is -3.04. The Balaban J connectivity index is 1.92. The molecule has 0 unspecified atom stereocenters. The summed E-state index contributed by atoms with van der Waals surface area (Å²) in [7, 11) is 0. The Kier molecular flexibility index (Phi) is 7.19. The van der Waals surface area contributed by atoms with Crippen LogP contribution in [0.5, 0.6) is 5.75 Å². The summed E-state index contributed by atoms with van der Waals surface area (Å²) in [6.45, 7) is 1.97. The van der Waals surface area contributed by atoms with Gasteiger partial charge in [0, 0.05) is 29.2 Å².